The van der Waals surface area contributed by atoms with Gasteiger partial charge in [-0.2, -0.15) is 0 Å². The maximum Gasteiger partial charge on any atom is 0.223 e. The van der Waals surface area contributed by atoms with Crippen LogP contribution in [0.3, 0.4) is 0 Å². The number of benzene rings is 1. The van der Waals surface area contributed by atoms with Crippen molar-refractivity contribution in [3.63, 3.8) is 0 Å². The molecule has 6 nitrogen and oxygen atoms in total. The lowest BCUT2D eigenvalue weighted by atomic mass is 9.82. The fourth-order valence-corrected chi connectivity index (χ4v) is 2.85. The molecule has 0 aliphatic heterocycles. The SMILES string of the molecule is CC(CCC(N)=O)C(=O)NC(C)C(Cc1ccccc1)C(C)C(N)=O. The first-order valence-corrected chi connectivity index (χ1v) is 8.64. The van der Waals surface area contributed by atoms with E-state index in [1.54, 1.807) is 13.8 Å². The van der Waals surface area contributed by atoms with E-state index in [2.05, 4.69) is 5.32 Å². The highest BCUT2D eigenvalue weighted by Gasteiger charge is 2.29. The monoisotopic (exact) mass is 347 g/mol. The summed E-state index contributed by atoms with van der Waals surface area (Å²) < 4.78 is 0. The molecule has 0 saturated heterocycles. The van der Waals surface area contributed by atoms with Gasteiger partial charge in [-0.25, -0.2) is 0 Å². The number of primary amides is 2. The number of nitrogens with two attached hydrogens (primary N) is 2. The third-order valence-corrected chi connectivity index (χ3v) is 4.69. The number of nitrogens with one attached hydrogen (secondary N) is 1. The topological polar surface area (TPSA) is 115 Å². The molecule has 0 spiro atoms. The van der Waals surface area contributed by atoms with Gasteiger partial charge in [-0.3, -0.25) is 14.4 Å². The fraction of sp³-hybridized carbons (Fsp3) is 0.526. The van der Waals surface area contributed by atoms with Crippen LogP contribution in [0.15, 0.2) is 30.3 Å². The first-order chi connectivity index (χ1) is 11.7. The zero-order chi connectivity index (χ0) is 19.0. The van der Waals surface area contributed by atoms with Crippen LogP contribution < -0.4 is 16.8 Å². The summed E-state index contributed by atoms with van der Waals surface area (Å²) in [6.07, 6.45) is 1.22. The van der Waals surface area contributed by atoms with Gasteiger partial charge in [-0.1, -0.05) is 44.2 Å². The third-order valence-electron chi connectivity index (χ3n) is 4.69. The van der Waals surface area contributed by atoms with E-state index in [1.807, 2.05) is 37.3 Å². The van der Waals surface area contributed by atoms with E-state index in [0.29, 0.717) is 12.8 Å². The highest BCUT2D eigenvalue weighted by Crippen LogP contribution is 2.22. The minimum absolute atomic E-state index is 0.118. The minimum atomic E-state index is -0.419. The Morgan fingerprint density at radius 1 is 1.04 bits per heavy atom. The first-order valence-electron chi connectivity index (χ1n) is 8.64. The van der Waals surface area contributed by atoms with Crippen molar-refractivity contribution in [3.8, 4) is 0 Å². The third kappa shape index (κ3) is 6.95. The van der Waals surface area contributed by atoms with Crippen LogP contribution in [0.25, 0.3) is 0 Å². The van der Waals surface area contributed by atoms with Gasteiger partial charge in [0.25, 0.3) is 0 Å². The molecule has 4 atom stereocenters. The lowest BCUT2D eigenvalue weighted by molar-refractivity contribution is -0.128. The Kier molecular flexibility index (Phi) is 8.11. The number of hydrogen-bond acceptors (Lipinski definition) is 3. The standard InChI is InChI=1S/C19H29N3O3/c1-12(9-10-17(20)23)19(25)22-14(3)16(13(2)18(21)24)11-15-7-5-4-6-8-15/h4-8,12-14,16H,9-11H2,1-3H3,(H2,20,23)(H2,21,24)(H,22,25). The Balaban J connectivity index is 2.78. The van der Waals surface area contributed by atoms with Crippen LogP contribution in [0, 0.1) is 17.8 Å². The number of hydrogen-bond donors (Lipinski definition) is 3. The van der Waals surface area contributed by atoms with Crippen LogP contribution in [0.5, 0.6) is 0 Å². The summed E-state index contributed by atoms with van der Waals surface area (Å²) in [6.45, 7) is 5.43. The van der Waals surface area contributed by atoms with Crippen LogP contribution >= 0.6 is 0 Å². The predicted molar refractivity (Wildman–Crippen MR) is 97.2 cm³/mol. The van der Waals surface area contributed by atoms with Gasteiger partial charge in [-0.05, 0) is 31.2 Å². The van der Waals surface area contributed by atoms with E-state index in [4.69, 9.17) is 11.5 Å². The van der Waals surface area contributed by atoms with E-state index in [0.717, 1.165) is 5.56 Å². The molecule has 4 unspecified atom stereocenters. The lowest BCUT2D eigenvalue weighted by Crippen LogP contribution is -2.46. The van der Waals surface area contributed by atoms with E-state index in [9.17, 15) is 14.4 Å². The molecule has 25 heavy (non-hydrogen) atoms. The van der Waals surface area contributed by atoms with Gasteiger partial charge in [0.05, 0.1) is 0 Å². The van der Waals surface area contributed by atoms with Crippen molar-refractivity contribution in [2.45, 2.75) is 46.1 Å². The Bertz CT molecular complexity index is 589. The summed E-state index contributed by atoms with van der Waals surface area (Å²) in [5.41, 5.74) is 11.7. The lowest BCUT2D eigenvalue weighted by Gasteiger charge is -2.29. The molecule has 1 rings (SSSR count). The maximum absolute atomic E-state index is 12.3. The molecule has 0 radical (unpaired) electrons. The molecule has 1 aromatic carbocycles. The number of carbonyl (C=O) groups is 3. The second-order valence-corrected chi connectivity index (χ2v) is 6.75. The molecule has 0 aliphatic carbocycles. The number of rotatable bonds is 10. The van der Waals surface area contributed by atoms with Gasteiger partial charge in [-0.15, -0.1) is 0 Å². The molecule has 0 bridgehead atoms. The average Bonchev–Trinajstić information content (AvgIpc) is 2.57. The largest absolute Gasteiger partial charge is 0.370 e. The van der Waals surface area contributed by atoms with Gasteiger partial charge in [0.2, 0.25) is 17.7 Å². The molecule has 0 saturated carbocycles. The smallest absolute Gasteiger partial charge is 0.223 e. The second-order valence-electron chi connectivity index (χ2n) is 6.75. The highest BCUT2D eigenvalue weighted by molar-refractivity contribution is 5.80. The Morgan fingerprint density at radius 2 is 1.64 bits per heavy atom. The Labute approximate surface area is 149 Å². The molecule has 3 amide bonds. The zero-order valence-corrected chi connectivity index (χ0v) is 15.2. The van der Waals surface area contributed by atoms with Gasteiger partial charge >= 0.3 is 0 Å². The quantitative estimate of drug-likeness (QED) is 0.593. The van der Waals surface area contributed by atoms with Crippen LogP contribution in [0.1, 0.15) is 39.2 Å². The molecule has 6 heteroatoms. The summed E-state index contributed by atoms with van der Waals surface area (Å²) in [5.74, 6) is -1.77. The molecule has 0 aromatic heterocycles. The van der Waals surface area contributed by atoms with Crippen LogP contribution in [0.2, 0.25) is 0 Å². The summed E-state index contributed by atoms with van der Waals surface area (Å²) in [5, 5.41) is 2.96. The van der Waals surface area contributed by atoms with E-state index in [-0.39, 0.29) is 42.0 Å². The van der Waals surface area contributed by atoms with Crippen molar-refractivity contribution >= 4 is 17.7 Å². The predicted octanol–water partition coefficient (Wildman–Crippen LogP) is 1.37. The number of amides is 3. The van der Waals surface area contributed by atoms with Crippen molar-refractivity contribution < 1.29 is 14.4 Å². The van der Waals surface area contributed by atoms with Crippen LogP contribution in [-0.4, -0.2) is 23.8 Å². The van der Waals surface area contributed by atoms with E-state index in [1.165, 1.54) is 0 Å². The van der Waals surface area contributed by atoms with Crippen molar-refractivity contribution in [3.05, 3.63) is 35.9 Å². The van der Waals surface area contributed by atoms with Crippen LogP contribution in [-0.2, 0) is 20.8 Å². The Hall–Kier alpha value is -2.37. The summed E-state index contributed by atoms with van der Waals surface area (Å²) in [4.78, 5) is 34.9. The molecule has 1 aromatic rings. The fourth-order valence-electron chi connectivity index (χ4n) is 2.85. The van der Waals surface area contributed by atoms with Crippen molar-refractivity contribution in [2.24, 2.45) is 29.2 Å². The molecule has 0 aliphatic rings. The van der Waals surface area contributed by atoms with Gasteiger partial charge in [0, 0.05) is 24.3 Å². The van der Waals surface area contributed by atoms with Gasteiger partial charge < -0.3 is 16.8 Å². The van der Waals surface area contributed by atoms with E-state index < -0.39 is 5.91 Å². The molecular weight excluding hydrogens is 318 g/mol. The minimum Gasteiger partial charge on any atom is -0.370 e. The second kappa shape index (κ2) is 9.81. The van der Waals surface area contributed by atoms with Gasteiger partial charge in [0.1, 0.15) is 0 Å². The molecule has 0 heterocycles. The maximum atomic E-state index is 12.3. The summed E-state index contributed by atoms with van der Waals surface area (Å²) >= 11 is 0. The summed E-state index contributed by atoms with van der Waals surface area (Å²) in [6, 6.07) is 9.57. The van der Waals surface area contributed by atoms with E-state index >= 15 is 0 Å². The average molecular weight is 347 g/mol. The molecular formula is C19H29N3O3. The Morgan fingerprint density at radius 3 is 2.16 bits per heavy atom. The molecule has 5 N–H and O–H groups in total. The normalized spacial score (nSPS) is 15.6. The first kappa shape index (κ1) is 20.7. The summed E-state index contributed by atoms with van der Waals surface area (Å²) in [7, 11) is 0. The number of carbonyl (C=O) groups excluding carboxylic acids is 3. The molecule has 0 fully saturated rings. The zero-order valence-electron chi connectivity index (χ0n) is 15.2. The van der Waals surface area contributed by atoms with Crippen molar-refractivity contribution in [2.75, 3.05) is 0 Å². The molecule has 138 valence electrons. The van der Waals surface area contributed by atoms with Crippen LogP contribution in [0.4, 0.5) is 0 Å². The highest BCUT2D eigenvalue weighted by atomic mass is 16.2. The van der Waals surface area contributed by atoms with Crippen molar-refractivity contribution in [1.82, 2.24) is 5.32 Å². The van der Waals surface area contributed by atoms with Crippen molar-refractivity contribution in [1.29, 1.82) is 0 Å². The van der Waals surface area contributed by atoms with Gasteiger partial charge in [0.15, 0.2) is 0 Å².